The average Bonchev–Trinajstić information content (AvgIpc) is 2.16. The molecule has 0 amide bonds. The molecule has 0 aliphatic carbocycles. The Morgan fingerprint density at radius 1 is 1.50 bits per heavy atom. The zero-order valence-corrected chi connectivity index (χ0v) is 8.99. The second kappa shape index (κ2) is 5.12. The van der Waals surface area contributed by atoms with Gasteiger partial charge in [0.2, 0.25) is 0 Å². The number of anilines is 1. The lowest BCUT2D eigenvalue weighted by atomic mass is 10.1. The van der Waals surface area contributed by atoms with E-state index >= 15 is 0 Å². The molecule has 1 heterocycles. The summed E-state index contributed by atoms with van der Waals surface area (Å²) in [5.74, 6) is 0.849. The fraction of sp³-hybridized carbons (Fsp3) is 0.556. The Morgan fingerprint density at radius 2 is 2.21 bits per heavy atom. The summed E-state index contributed by atoms with van der Waals surface area (Å²) < 4.78 is 0. The number of hydrogen-bond donors (Lipinski definition) is 2. The van der Waals surface area contributed by atoms with Gasteiger partial charge in [0.25, 0.3) is 0 Å². The Balaban J connectivity index is 2.60. The van der Waals surface area contributed by atoms with Gasteiger partial charge < -0.3 is 10.4 Å². The molecule has 0 aliphatic heterocycles. The van der Waals surface area contributed by atoms with Crippen molar-refractivity contribution in [2.75, 3.05) is 11.9 Å². The van der Waals surface area contributed by atoms with Crippen LogP contribution >= 0.6 is 11.6 Å². The molecule has 0 saturated carbocycles. The van der Waals surface area contributed by atoms with Gasteiger partial charge in [-0.05, 0) is 12.8 Å². The number of rotatable bonds is 4. The highest BCUT2D eigenvalue weighted by molar-refractivity contribution is 6.29. The predicted octanol–water partition coefficient (Wildman–Crippen LogP) is 1.56. The SMILES string of the molecule is CC(CO)C(C)Nc1cc(Cl)ncn1. The van der Waals surface area contributed by atoms with Gasteiger partial charge in [0.15, 0.2) is 0 Å². The van der Waals surface area contributed by atoms with Crippen molar-refractivity contribution in [2.45, 2.75) is 19.9 Å². The summed E-state index contributed by atoms with van der Waals surface area (Å²) >= 11 is 5.70. The van der Waals surface area contributed by atoms with Crippen LogP contribution in [0.3, 0.4) is 0 Å². The lowest BCUT2D eigenvalue weighted by Crippen LogP contribution is -2.26. The number of nitrogens with zero attached hydrogens (tertiary/aromatic N) is 2. The van der Waals surface area contributed by atoms with Crippen LogP contribution in [0.25, 0.3) is 0 Å². The van der Waals surface area contributed by atoms with Crippen LogP contribution in [0.4, 0.5) is 5.82 Å². The highest BCUT2D eigenvalue weighted by Crippen LogP contribution is 2.12. The van der Waals surface area contributed by atoms with Crippen molar-refractivity contribution in [1.82, 2.24) is 9.97 Å². The highest BCUT2D eigenvalue weighted by Gasteiger charge is 2.11. The molecule has 1 rings (SSSR count). The molecule has 0 aliphatic rings. The Hall–Kier alpha value is -0.870. The fourth-order valence-electron chi connectivity index (χ4n) is 0.946. The summed E-state index contributed by atoms with van der Waals surface area (Å²) in [7, 11) is 0. The van der Waals surface area contributed by atoms with Gasteiger partial charge in [-0.25, -0.2) is 9.97 Å². The molecule has 5 heteroatoms. The third kappa shape index (κ3) is 3.12. The third-order valence-corrected chi connectivity index (χ3v) is 2.36. The van der Waals surface area contributed by atoms with Crippen LogP contribution in [0.1, 0.15) is 13.8 Å². The van der Waals surface area contributed by atoms with Gasteiger partial charge in [-0.2, -0.15) is 0 Å². The first-order chi connectivity index (χ1) is 6.63. The normalized spacial score (nSPS) is 14.9. The molecule has 0 fully saturated rings. The van der Waals surface area contributed by atoms with Gasteiger partial charge in [0.1, 0.15) is 17.3 Å². The summed E-state index contributed by atoms with van der Waals surface area (Å²) in [6.07, 6.45) is 1.40. The van der Waals surface area contributed by atoms with E-state index < -0.39 is 0 Å². The summed E-state index contributed by atoms with van der Waals surface area (Å²) in [5, 5.41) is 12.5. The highest BCUT2D eigenvalue weighted by atomic mass is 35.5. The predicted molar refractivity (Wildman–Crippen MR) is 56.4 cm³/mol. The van der Waals surface area contributed by atoms with E-state index in [0.717, 1.165) is 0 Å². The Bertz CT molecular complexity index is 295. The molecule has 2 N–H and O–H groups in total. The van der Waals surface area contributed by atoms with Crippen molar-refractivity contribution >= 4 is 17.4 Å². The van der Waals surface area contributed by atoms with Gasteiger partial charge in [0, 0.05) is 18.7 Å². The Morgan fingerprint density at radius 3 is 2.79 bits per heavy atom. The van der Waals surface area contributed by atoms with Crippen molar-refractivity contribution in [3.8, 4) is 0 Å². The van der Waals surface area contributed by atoms with Crippen molar-refractivity contribution in [3.63, 3.8) is 0 Å². The molecule has 14 heavy (non-hydrogen) atoms. The average molecular weight is 216 g/mol. The van der Waals surface area contributed by atoms with E-state index in [-0.39, 0.29) is 18.6 Å². The van der Waals surface area contributed by atoms with Gasteiger partial charge in [-0.3, -0.25) is 0 Å². The molecule has 0 saturated heterocycles. The zero-order chi connectivity index (χ0) is 10.6. The molecule has 2 atom stereocenters. The monoisotopic (exact) mass is 215 g/mol. The third-order valence-electron chi connectivity index (χ3n) is 2.15. The van der Waals surface area contributed by atoms with Crippen LogP contribution in [-0.4, -0.2) is 27.7 Å². The number of aliphatic hydroxyl groups is 1. The smallest absolute Gasteiger partial charge is 0.134 e. The van der Waals surface area contributed by atoms with Crippen molar-refractivity contribution in [1.29, 1.82) is 0 Å². The minimum Gasteiger partial charge on any atom is -0.396 e. The number of aromatic nitrogens is 2. The summed E-state index contributed by atoms with van der Waals surface area (Å²) in [5.41, 5.74) is 0. The molecular weight excluding hydrogens is 202 g/mol. The maximum absolute atomic E-state index is 8.94. The molecule has 0 radical (unpaired) electrons. The maximum atomic E-state index is 8.94. The standard InChI is InChI=1S/C9H14ClN3O/c1-6(4-14)7(2)13-9-3-8(10)11-5-12-9/h3,5-7,14H,4H2,1-2H3,(H,11,12,13). The number of nitrogens with one attached hydrogen (secondary N) is 1. The molecule has 1 aromatic heterocycles. The lowest BCUT2D eigenvalue weighted by molar-refractivity contribution is 0.226. The number of halogens is 1. The molecule has 78 valence electrons. The van der Waals surface area contributed by atoms with E-state index in [2.05, 4.69) is 15.3 Å². The topological polar surface area (TPSA) is 58.0 Å². The van der Waals surface area contributed by atoms with E-state index in [4.69, 9.17) is 16.7 Å². The van der Waals surface area contributed by atoms with Crippen LogP contribution in [0, 0.1) is 5.92 Å². The first-order valence-electron chi connectivity index (χ1n) is 4.48. The van der Waals surface area contributed by atoms with Crippen molar-refractivity contribution < 1.29 is 5.11 Å². The first kappa shape index (κ1) is 11.2. The fourth-order valence-corrected chi connectivity index (χ4v) is 1.09. The molecule has 2 unspecified atom stereocenters. The summed E-state index contributed by atoms with van der Waals surface area (Å²) in [4.78, 5) is 7.79. The minimum absolute atomic E-state index is 0.144. The van der Waals surface area contributed by atoms with Gasteiger partial charge in [-0.15, -0.1) is 0 Å². The van der Waals surface area contributed by atoms with E-state index in [0.29, 0.717) is 11.0 Å². The molecule has 4 nitrogen and oxygen atoms in total. The summed E-state index contributed by atoms with van der Waals surface area (Å²) in [6, 6.07) is 1.80. The minimum atomic E-state index is 0.144. The Labute approximate surface area is 88.3 Å². The van der Waals surface area contributed by atoms with Gasteiger partial charge in [0.05, 0.1) is 0 Å². The Kier molecular flexibility index (Phi) is 4.10. The quantitative estimate of drug-likeness (QED) is 0.749. The van der Waals surface area contributed by atoms with E-state index in [1.54, 1.807) is 6.07 Å². The van der Waals surface area contributed by atoms with E-state index in [9.17, 15) is 0 Å². The second-order valence-electron chi connectivity index (χ2n) is 3.32. The van der Waals surface area contributed by atoms with Crippen LogP contribution in [-0.2, 0) is 0 Å². The van der Waals surface area contributed by atoms with Crippen LogP contribution in [0.15, 0.2) is 12.4 Å². The molecule has 0 spiro atoms. The first-order valence-corrected chi connectivity index (χ1v) is 4.86. The van der Waals surface area contributed by atoms with E-state index in [1.165, 1.54) is 6.33 Å². The number of aliphatic hydroxyl groups excluding tert-OH is 1. The van der Waals surface area contributed by atoms with Crippen LogP contribution in [0.5, 0.6) is 0 Å². The maximum Gasteiger partial charge on any atom is 0.134 e. The van der Waals surface area contributed by atoms with Gasteiger partial charge >= 0.3 is 0 Å². The van der Waals surface area contributed by atoms with Crippen LogP contribution < -0.4 is 5.32 Å². The second-order valence-corrected chi connectivity index (χ2v) is 3.71. The molecule has 0 aromatic carbocycles. The number of hydrogen-bond acceptors (Lipinski definition) is 4. The van der Waals surface area contributed by atoms with Crippen molar-refractivity contribution in [2.24, 2.45) is 5.92 Å². The zero-order valence-electron chi connectivity index (χ0n) is 8.24. The largest absolute Gasteiger partial charge is 0.396 e. The molecule has 0 bridgehead atoms. The summed E-state index contributed by atoms with van der Waals surface area (Å²) in [6.45, 7) is 4.09. The lowest BCUT2D eigenvalue weighted by Gasteiger charge is -2.19. The molecule has 1 aromatic rings. The van der Waals surface area contributed by atoms with Gasteiger partial charge in [-0.1, -0.05) is 18.5 Å². The van der Waals surface area contributed by atoms with E-state index in [1.807, 2.05) is 13.8 Å². The van der Waals surface area contributed by atoms with Crippen LogP contribution in [0.2, 0.25) is 5.15 Å². The molecular formula is C9H14ClN3O. The van der Waals surface area contributed by atoms with Crippen molar-refractivity contribution in [3.05, 3.63) is 17.5 Å².